The van der Waals surface area contributed by atoms with Crippen LogP contribution in [0.2, 0.25) is 5.02 Å². The van der Waals surface area contributed by atoms with Crippen molar-refractivity contribution < 1.29 is 0 Å². The molecule has 1 fully saturated rings. The molecule has 0 spiro atoms. The minimum atomic E-state index is 0.441. The van der Waals surface area contributed by atoms with Crippen molar-refractivity contribution in [3.63, 3.8) is 0 Å². The molecule has 1 unspecified atom stereocenters. The molecule has 0 aliphatic carbocycles. The lowest BCUT2D eigenvalue weighted by Crippen LogP contribution is -2.30. The van der Waals surface area contributed by atoms with Crippen molar-refractivity contribution in [2.24, 2.45) is 4.99 Å². The number of halogens is 1. The number of aliphatic imine (C=N–C) groups is 1. The molecule has 1 atom stereocenters. The standard InChI is InChI=1S/C22H26ClN7S/c1-5-8-25-17-10-15(11-26-13(17)3)31-22-28-20-18(19(23)16(6-2)27-20)21(29-22)30-9-7-14(12-30)24-4/h5,8,10-11,14,24H,1,6-7,9,12H2,2-4H3,(H,27,28,29). The van der Waals surface area contributed by atoms with Crippen LogP contribution in [0.3, 0.4) is 0 Å². The molecular weight excluding hydrogens is 430 g/mol. The highest BCUT2D eigenvalue weighted by Gasteiger charge is 2.27. The van der Waals surface area contributed by atoms with Gasteiger partial charge in [-0.15, -0.1) is 0 Å². The Hall–Kier alpha value is -2.42. The predicted octanol–water partition coefficient (Wildman–Crippen LogP) is 4.71. The van der Waals surface area contributed by atoms with E-state index in [1.165, 1.54) is 11.8 Å². The number of hydrogen-bond acceptors (Lipinski definition) is 7. The van der Waals surface area contributed by atoms with E-state index in [-0.39, 0.29) is 0 Å². The molecular formula is C22H26ClN7S. The van der Waals surface area contributed by atoms with Crippen LogP contribution in [0.4, 0.5) is 11.5 Å². The van der Waals surface area contributed by atoms with Crippen LogP contribution in [0.15, 0.2) is 40.0 Å². The van der Waals surface area contributed by atoms with Crippen LogP contribution in [0.25, 0.3) is 11.0 Å². The lowest BCUT2D eigenvalue weighted by molar-refractivity contribution is 0.616. The summed E-state index contributed by atoms with van der Waals surface area (Å²) in [5.74, 6) is 0.885. The van der Waals surface area contributed by atoms with Crippen molar-refractivity contribution in [2.75, 3.05) is 25.0 Å². The van der Waals surface area contributed by atoms with E-state index in [2.05, 4.69) is 38.7 Å². The molecule has 162 valence electrons. The van der Waals surface area contributed by atoms with Crippen LogP contribution in [0.1, 0.15) is 24.7 Å². The molecule has 31 heavy (non-hydrogen) atoms. The van der Waals surface area contributed by atoms with Gasteiger partial charge in [0.2, 0.25) is 0 Å². The Labute approximate surface area is 191 Å². The van der Waals surface area contributed by atoms with Crippen LogP contribution in [-0.2, 0) is 6.42 Å². The monoisotopic (exact) mass is 455 g/mol. The van der Waals surface area contributed by atoms with Gasteiger partial charge in [0.05, 0.1) is 21.8 Å². The summed E-state index contributed by atoms with van der Waals surface area (Å²) >= 11 is 8.19. The zero-order valence-electron chi connectivity index (χ0n) is 17.9. The maximum Gasteiger partial charge on any atom is 0.196 e. The highest BCUT2D eigenvalue weighted by atomic mass is 35.5. The van der Waals surface area contributed by atoms with Crippen molar-refractivity contribution in [1.82, 2.24) is 25.3 Å². The third-order valence-corrected chi connectivity index (χ3v) is 6.68. The normalized spacial score (nSPS) is 16.6. The summed E-state index contributed by atoms with van der Waals surface area (Å²) in [7, 11) is 2.00. The van der Waals surface area contributed by atoms with Gasteiger partial charge in [0, 0.05) is 42.1 Å². The first kappa shape index (κ1) is 21.8. The van der Waals surface area contributed by atoms with E-state index < -0.39 is 0 Å². The Balaban J connectivity index is 1.75. The number of H-pyrrole nitrogens is 1. The van der Waals surface area contributed by atoms with E-state index in [1.807, 2.05) is 26.2 Å². The molecule has 0 saturated carbocycles. The Morgan fingerprint density at radius 2 is 2.29 bits per heavy atom. The molecule has 4 heterocycles. The number of allylic oxidation sites excluding steroid dienone is 1. The highest BCUT2D eigenvalue weighted by molar-refractivity contribution is 7.99. The Kier molecular flexibility index (Phi) is 6.60. The summed E-state index contributed by atoms with van der Waals surface area (Å²) < 4.78 is 0. The second-order valence-electron chi connectivity index (χ2n) is 7.44. The Morgan fingerprint density at radius 3 is 3.00 bits per heavy atom. The first-order chi connectivity index (χ1) is 15.0. The van der Waals surface area contributed by atoms with Crippen molar-refractivity contribution in [3.05, 3.63) is 41.3 Å². The number of aryl methyl sites for hydroxylation is 2. The second-order valence-corrected chi connectivity index (χ2v) is 8.85. The van der Waals surface area contributed by atoms with E-state index in [1.54, 1.807) is 12.3 Å². The zero-order chi connectivity index (χ0) is 22.0. The van der Waals surface area contributed by atoms with E-state index in [0.29, 0.717) is 11.2 Å². The highest BCUT2D eigenvalue weighted by Crippen LogP contribution is 2.38. The average molecular weight is 456 g/mol. The third kappa shape index (κ3) is 4.46. The molecule has 0 bridgehead atoms. The first-order valence-corrected chi connectivity index (χ1v) is 11.5. The minimum Gasteiger partial charge on any atom is -0.354 e. The van der Waals surface area contributed by atoms with E-state index >= 15 is 0 Å². The second kappa shape index (κ2) is 9.38. The summed E-state index contributed by atoms with van der Waals surface area (Å²) in [5.41, 5.74) is 3.42. The number of rotatable bonds is 7. The fourth-order valence-electron chi connectivity index (χ4n) is 3.70. The number of aromatic nitrogens is 4. The number of nitrogens with one attached hydrogen (secondary N) is 2. The first-order valence-electron chi connectivity index (χ1n) is 10.3. The van der Waals surface area contributed by atoms with E-state index in [0.717, 1.165) is 69.8 Å². The van der Waals surface area contributed by atoms with E-state index in [9.17, 15) is 0 Å². The fraction of sp³-hybridized carbons (Fsp3) is 0.364. The number of fused-ring (bicyclic) bond motifs is 1. The predicted molar refractivity (Wildman–Crippen MR) is 129 cm³/mol. The molecule has 1 aliphatic rings. The topological polar surface area (TPSA) is 82.1 Å². The number of pyridine rings is 1. The van der Waals surface area contributed by atoms with Gasteiger partial charge in [0.15, 0.2) is 5.16 Å². The van der Waals surface area contributed by atoms with Gasteiger partial charge in [-0.05, 0) is 44.6 Å². The molecule has 3 aromatic heterocycles. The molecule has 0 amide bonds. The molecule has 3 aromatic rings. The van der Waals surface area contributed by atoms with Gasteiger partial charge in [0.25, 0.3) is 0 Å². The van der Waals surface area contributed by atoms with Crippen molar-refractivity contribution >= 4 is 52.1 Å². The number of anilines is 1. The zero-order valence-corrected chi connectivity index (χ0v) is 19.5. The van der Waals surface area contributed by atoms with Crippen LogP contribution in [0.5, 0.6) is 0 Å². The largest absolute Gasteiger partial charge is 0.354 e. The van der Waals surface area contributed by atoms with Crippen LogP contribution in [0, 0.1) is 6.92 Å². The summed E-state index contributed by atoms with van der Waals surface area (Å²) in [6.45, 7) is 9.51. The SMILES string of the molecule is C=CC=Nc1cc(Sc2nc(N3CCC(NC)C3)c3c(Cl)c(CC)[nH]c3n2)cnc1C. The minimum absolute atomic E-state index is 0.441. The quantitative estimate of drug-likeness (QED) is 0.396. The molecule has 2 N–H and O–H groups in total. The molecule has 1 saturated heterocycles. The van der Waals surface area contributed by atoms with Crippen molar-refractivity contribution in [1.29, 1.82) is 0 Å². The van der Waals surface area contributed by atoms with Crippen LogP contribution >= 0.6 is 23.4 Å². The van der Waals surface area contributed by atoms with Gasteiger partial charge in [0.1, 0.15) is 11.5 Å². The molecule has 4 rings (SSSR count). The van der Waals surface area contributed by atoms with Crippen molar-refractivity contribution in [3.8, 4) is 0 Å². The summed E-state index contributed by atoms with van der Waals surface area (Å²) in [5, 5.41) is 5.64. The number of aromatic amines is 1. The van der Waals surface area contributed by atoms with E-state index in [4.69, 9.17) is 21.6 Å². The molecule has 0 radical (unpaired) electrons. The summed E-state index contributed by atoms with van der Waals surface area (Å²) in [6, 6.07) is 2.43. The number of hydrogen-bond donors (Lipinski definition) is 2. The molecule has 9 heteroatoms. The lowest BCUT2D eigenvalue weighted by Gasteiger charge is -2.19. The van der Waals surface area contributed by atoms with Crippen molar-refractivity contribution in [2.45, 2.75) is 42.8 Å². The average Bonchev–Trinajstić information content (AvgIpc) is 3.38. The van der Waals surface area contributed by atoms with Gasteiger partial charge in [-0.25, -0.2) is 9.97 Å². The van der Waals surface area contributed by atoms with Gasteiger partial charge >= 0.3 is 0 Å². The Morgan fingerprint density at radius 1 is 1.45 bits per heavy atom. The Bertz CT molecular complexity index is 1140. The number of nitrogens with zero attached hydrogens (tertiary/aromatic N) is 5. The van der Waals surface area contributed by atoms with Gasteiger partial charge in [-0.2, -0.15) is 0 Å². The summed E-state index contributed by atoms with van der Waals surface area (Å²) in [4.78, 5) is 25.2. The molecule has 7 nitrogen and oxygen atoms in total. The summed E-state index contributed by atoms with van der Waals surface area (Å²) in [6.07, 6.45) is 7.02. The maximum atomic E-state index is 6.72. The van der Waals surface area contributed by atoms with Gasteiger partial charge in [-0.3, -0.25) is 9.98 Å². The molecule has 1 aliphatic heterocycles. The van der Waals surface area contributed by atoms with Crippen LogP contribution < -0.4 is 10.2 Å². The maximum absolute atomic E-state index is 6.72. The number of likely N-dealkylation sites (N-methyl/N-ethyl adjacent to an activating group) is 1. The fourth-order valence-corrected chi connectivity index (χ4v) is 4.82. The van der Waals surface area contributed by atoms with Gasteiger partial charge in [-0.1, -0.05) is 31.2 Å². The smallest absolute Gasteiger partial charge is 0.196 e. The third-order valence-electron chi connectivity index (χ3n) is 5.44. The van der Waals surface area contributed by atoms with Gasteiger partial charge < -0.3 is 15.2 Å². The van der Waals surface area contributed by atoms with Crippen LogP contribution in [-0.4, -0.2) is 52.3 Å². The lowest BCUT2D eigenvalue weighted by atomic mass is 10.3. The molecule has 0 aromatic carbocycles.